The van der Waals surface area contributed by atoms with Gasteiger partial charge in [0.25, 0.3) is 0 Å². The van der Waals surface area contributed by atoms with E-state index in [1.54, 1.807) is 0 Å². The average molecular weight is 160 g/mol. The zero-order chi connectivity index (χ0) is 7.97. The minimum atomic E-state index is 0.836. The fourth-order valence-electron chi connectivity index (χ4n) is 1.83. The Morgan fingerprint density at radius 3 is 3.17 bits per heavy atom. The number of nitrogens with one attached hydrogen (secondary N) is 1. The number of aromatic nitrogens is 1. The van der Waals surface area contributed by atoms with E-state index in [0.29, 0.717) is 0 Å². The molecule has 1 aliphatic heterocycles. The first-order valence-corrected chi connectivity index (χ1v) is 4.66. The Labute approximate surface area is 72.0 Å². The predicted molar refractivity (Wildman–Crippen MR) is 48.4 cm³/mol. The molecule has 1 aromatic heterocycles. The van der Waals surface area contributed by atoms with Crippen molar-refractivity contribution in [1.82, 2.24) is 4.98 Å². The maximum Gasteiger partial charge on any atom is 0.129 e. The van der Waals surface area contributed by atoms with Gasteiger partial charge in [-0.25, -0.2) is 4.98 Å². The van der Waals surface area contributed by atoms with Gasteiger partial charge in [0.1, 0.15) is 5.82 Å². The largest absolute Gasteiger partial charge is 0.370 e. The third kappa shape index (κ3) is 0.909. The molecule has 62 valence electrons. The SMILES string of the molecule is c1nc2c(cc1C1CC1)CCN2. The number of anilines is 1. The maximum atomic E-state index is 4.41. The van der Waals surface area contributed by atoms with Crippen LogP contribution >= 0.6 is 0 Å². The van der Waals surface area contributed by atoms with E-state index >= 15 is 0 Å². The maximum absolute atomic E-state index is 4.41. The van der Waals surface area contributed by atoms with Crippen LogP contribution in [0.3, 0.4) is 0 Å². The van der Waals surface area contributed by atoms with Crippen molar-refractivity contribution in [3.63, 3.8) is 0 Å². The third-order valence-corrected chi connectivity index (χ3v) is 2.72. The standard InChI is InChI=1S/C10H12N2/c1-2-7(1)9-5-8-3-4-11-10(8)12-6-9/h5-7H,1-4H2,(H,11,12). The van der Waals surface area contributed by atoms with E-state index in [1.807, 2.05) is 6.20 Å². The van der Waals surface area contributed by atoms with Crippen LogP contribution in [0.25, 0.3) is 0 Å². The molecule has 1 fully saturated rings. The minimum absolute atomic E-state index is 0.836. The summed E-state index contributed by atoms with van der Waals surface area (Å²) in [5.41, 5.74) is 2.87. The molecule has 0 spiro atoms. The molecular weight excluding hydrogens is 148 g/mol. The van der Waals surface area contributed by atoms with Gasteiger partial charge >= 0.3 is 0 Å². The molecular formula is C10H12N2. The number of nitrogens with zero attached hydrogens (tertiary/aromatic N) is 1. The highest BCUT2D eigenvalue weighted by atomic mass is 15.0. The lowest BCUT2D eigenvalue weighted by molar-refractivity contribution is 1.07. The quantitative estimate of drug-likeness (QED) is 0.679. The summed E-state index contributed by atoms with van der Waals surface area (Å²) in [7, 11) is 0. The highest BCUT2D eigenvalue weighted by Crippen LogP contribution is 2.40. The first kappa shape index (κ1) is 6.46. The van der Waals surface area contributed by atoms with E-state index in [1.165, 1.54) is 24.0 Å². The normalized spacial score (nSPS) is 20.3. The van der Waals surface area contributed by atoms with Crippen molar-refractivity contribution in [2.45, 2.75) is 25.2 Å². The Kier molecular flexibility index (Phi) is 1.20. The molecule has 3 rings (SSSR count). The molecule has 0 atom stereocenters. The van der Waals surface area contributed by atoms with E-state index < -0.39 is 0 Å². The van der Waals surface area contributed by atoms with Gasteiger partial charge in [0, 0.05) is 12.7 Å². The second kappa shape index (κ2) is 2.22. The molecule has 0 saturated heterocycles. The molecule has 1 saturated carbocycles. The lowest BCUT2D eigenvalue weighted by atomic mass is 10.1. The summed E-state index contributed by atoms with van der Waals surface area (Å²) in [6, 6.07) is 2.33. The predicted octanol–water partition coefficient (Wildman–Crippen LogP) is 1.93. The fourth-order valence-corrected chi connectivity index (χ4v) is 1.83. The van der Waals surface area contributed by atoms with Crippen molar-refractivity contribution in [2.24, 2.45) is 0 Å². The second-order valence-corrected chi connectivity index (χ2v) is 3.73. The van der Waals surface area contributed by atoms with Crippen LogP contribution in [-0.2, 0) is 6.42 Å². The van der Waals surface area contributed by atoms with Gasteiger partial charge in [0.2, 0.25) is 0 Å². The van der Waals surface area contributed by atoms with E-state index in [-0.39, 0.29) is 0 Å². The summed E-state index contributed by atoms with van der Waals surface area (Å²) >= 11 is 0. The number of pyridine rings is 1. The number of fused-ring (bicyclic) bond motifs is 1. The zero-order valence-electron chi connectivity index (χ0n) is 7.01. The molecule has 2 nitrogen and oxygen atoms in total. The van der Waals surface area contributed by atoms with Crippen LogP contribution in [0.4, 0.5) is 5.82 Å². The topological polar surface area (TPSA) is 24.9 Å². The zero-order valence-corrected chi connectivity index (χ0v) is 7.01. The monoisotopic (exact) mass is 160 g/mol. The molecule has 1 aliphatic carbocycles. The first-order valence-electron chi connectivity index (χ1n) is 4.66. The van der Waals surface area contributed by atoms with Crippen LogP contribution in [0.2, 0.25) is 0 Å². The van der Waals surface area contributed by atoms with Crippen LogP contribution in [-0.4, -0.2) is 11.5 Å². The van der Waals surface area contributed by atoms with Gasteiger partial charge in [-0.2, -0.15) is 0 Å². The lowest BCUT2D eigenvalue weighted by Crippen LogP contribution is -1.93. The minimum Gasteiger partial charge on any atom is -0.370 e. The summed E-state index contributed by atoms with van der Waals surface area (Å²) in [4.78, 5) is 4.41. The molecule has 1 aromatic rings. The Morgan fingerprint density at radius 2 is 2.33 bits per heavy atom. The molecule has 0 amide bonds. The Balaban J connectivity index is 2.03. The fraction of sp³-hybridized carbons (Fsp3) is 0.500. The van der Waals surface area contributed by atoms with E-state index in [0.717, 1.165) is 24.7 Å². The number of hydrogen-bond acceptors (Lipinski definition) is 2. The van der Waals surface area contributed by atoms with Crippen molar-refractivity contribution in [3.8, 4) is 0 Å². The van der Waals surface area contributed by atoms with Gasteiger partial charge in [-0.1, -0.05) is 6.07 Å². The summed E-state index contributed by atoms with van der Waals surface area (Å²) in [5.74, 6) is 1.95. The summed E-state index contributed by atoms with van der Waals surface area (Å²) in [6.07, 6.45) is 5.93. The molecule has 1 N–H and O–H groups in total. The van der Waals surface area contributed by atoms with Crippen LogP contribution < -0.4 is 5.32 Å². The molecule has 12 heavy (non-hydrogen) atoms. The van der Waals surface area contributed by atoms with Crippen molar-refractivity contribution >= 4 is 5.82 Å². The van der Waals surface area contributed by atoms with Crippen LogP contribution in [0.15, 0.2) is 12.3 Å². The smallest absolute Gasteiger partial charge is 0.129 e. The summed E-state index contributed by atoms with van der Waals surface area (Å²) < 4.78 is 0. The summed E-state index contributed by atoms with van der Waals surface area (Å²) in [5, 5.41) is 3.28. The van der Waals surface area contributed by atoms with E-state index in [9.17, 15) is 0 Å². The molecule has 0 bridgehead atoms. The lowest BCUT2D eigenvalue weighted by Gasteiger charge is -2.01. The number of rotatable bonds is 1. The average Bonchev–Trinajstić information content (AvgIpc) is 2.84. The summed E-state index contributed by atoms with van der Waals surface area (Å²) in [6.45, 7) is 1.07. The van der Waals surface area contributed by atoms with Crippen LogP contribution in [0.1, 0.15) is 29.9 Å². The van der Waals surface area contributed by atoms with E-state index in [2.05, 4.69) is 16.4 Å². The first-order chi connectivity index (χ1) is 5.93. The Bertz CT molecular complexity index is 316. The van der Waals surface area contributed by atoms with Crippen LogP contribution in [0, 0.1) is 0 Å². The van der Waals surface area contributed by atoms with Gasteiger partial charge < -0.3 is 5.32 Å². The molecule has 2 aliphatic rings. The van der Waals surface area contributed by atoms with Gasteiger partial charge in [0.05, 0.1) is 0 Å². The Hall–Kier alpha value is -1.05. The third-order valence-electron chi connectivity index (χ3n) is 2.72. The Morgan fingerprint density at radius 1 is 1.42 bits per heavy atom. The van der Waals surface area contributed by atoms with Gasteiger partial charge in [0.15, 0.2) is 0 Å². The van der Waals surface area contributed by atoms with Crippen LogP contribution in [0.5, 0.6) is 0 Å². The van der Waals surface area contributed by atoms with Gasteiger partial charge in [-0.05, 0) is 36.3 Å². The molecule has 2 heterocycles. The van der Waals surface area contributed by atoms with Crippen molar-refractivity contribution in [1.29, 1.82) is 0 Å². The van der Waals surface area contributed by atoms with Crippen molar-refractivity contribution in [2.75, 3.05) is 11.9 Å². The molecule has 0 unspecified atom stereocenters. The van der Waals surface area contributed by atoms with Crippen molar-refractivity contribution in [3.05, 3.63) is 23.4 Å². The van der Waals surface area contributed by atoms with Crippen molar-refractivity contribution < 1.29 is 0 Å². The highest BCUT2D eigenvalue weighted by molar-refractivity contribution is 5.50. The molecule has 0 radical (unpaired) electrons. The van der Waals surface area contributed by atoms with E-state index in [4.69, 9.17) is 0 Å². The molecule has 0 aromatic carbocycles. The number of hydrogen-bond donors (Lipinski definition) is 1. The second-order valence-electron chi connectivity index (χ2n) is 3.73. The highest BCUT2D eigenvalue weighted by Gasteiger charge is 2.25. The van der Waals surface area contributed by atoms with Gasteiger partial charge in [-0.3, -0.25) is 0 Å². The molecule has 2 heteroatoms. The van der Waals surface area contributed by atoms with Gasteiger partial charge in [-0.15, -0.1) is 0 Å².